The maximum Gasteiger partial charge on any atom is 0.0632 e. The SMILES string of the molecule is c1ccc2c(c#1)c1c3cc(-c4ccccc4)ccc3ccc1n2-c1ccccc1. The fraction of sp³-hybridized carbons (Fsp3) is 0. The van der Waals surface area contributed by atoms with Crippen LogP contribution >= 0.6 is 0 Å². The number of nitrogens with zero attached hydrogens (tertiary/aromatic N) is 1. The summed E-state index contributed by atoms with van der Waals surface area (Å²) < 4.78 is 2.32. The van der Waals surface area contributed by atoms with E-state index in [0.29, 0.717) is 0 Å². The topological polar surface area (TPSA) is 4.93 Å². The molecule has 0 amide bonds. The average molecular weight is 367 g/mol. The van der Waals surface area contributed by atoms with E-state index < -0.39 is 0 Å². The standard InChI is InChI=1S/C28H17N/c1-3-9-20(10-4-1)22-16-15-21-17-18-27-28(25(21)19-22)24-13-7-8-14-26(24)29(27)23-11-5-2-6-12-23/h1-6,8-12,14-19H. The van der Waals surface area contributed by atoms with Crippen molar-refractivity contribution < 1.29 is 0 Å². The maximum atomic E-state index is 3.39. The van der Waals surface area contributed by atoms with Gasteiger partial charge in [0.1, 0.15) is 0 Å². The highest BCUT2D eigenvalue weighted by Crippen LogP contribution is 2.37. The summed E-state index contributed by atoms with van der Waals surface area (Å²) in [6.45, 7) is 0. The van der Waals surface area contributed by atoms with Gasteiger partial charge in [0, 0.05) is 11.1 Å². The highest BCUT2D eigenvalue weighted by molar-refractivity contribution is 6.21. The van der Waals surface area contributed by atoms with Gasteiger partial charge in [-0.3, -0.25) is 0 Å². The normalized spacial score (nSPS) is 11.2. The van der Waals surface area contributed by atoms with Crippen molar-refractivity contribution in [2.45, 2.75) is 0 Å². The second-order valence-corrected chi connectivity index (χ2v) is 7.30. The molecule has 0 aliphatic heterocycles. The van der Waals surface area contributed by atoms with E-state index >= 15 is 0 Å². The number of para-hydroxylation sites is 1. The lowest BCUT2D eigenvalue weighted by Gasteiger charge is -2.09. The zero-order valence-electron chi connectivity index (χ0n) is 15.8. The Morgan fingerprint density at radius 2 is 1.38 bits per heavy atom. The van der Waals surface area contributed by atoms with Crippen LogP contribution in [0.2, 0.25) is 0 Å². The van der Waals surface area contributed by atoms with Crippen molar-refractivity contribution >= 4 is 32.6 Å². The minimum atomic E-state index is 1.11. The van der Waals surface area contributed by atoms with Crippen molar-refractivity contribution in [3.05, 3.63) is 115 Å². The Labute approximate surface area is 169 Å². The van der Waals surface area contributed by atoms with Crippen molar-refractivity contribution in [2.75, 3.05) is 0 Å². The Bertz CT molecular complexity index is 1480. The molecule has 0 radical (unpaired) electrons. The predicted octanol–water partition coefficient (Wildman–Crippen LogP) is 7.20. The highest BCUT2D eigenvalue weighted by atomic mass is 15.0. The zero-order chi connectivity index (χ0) is 19.2. The number of hydrogen-bond donors (Lipinski definition) is 0. The van der Waals surface area contributed by atoms with Crippen LogP contribution in [0.5, 0.6) is 0 Å². The molecule has 0 bridgehead atoms. The van der Waals surface area contributed by atoms with Crippen LogP contribution in [0, 0.1) is 12.1 Å². The first-order valence-electron chi connectivity index (χ1n) is 9.80. The van der Waals surface area contributed by atoms with E-state index in [0.717, 1.165) is 16.6 Å². The van der Waals surface area contributed by atoms with Crippen LogP contribution in [0.1, 0.15) is 0 Å². The van der Waals surface area contributed by atoms with Gasteiger partial charge in [-0.15, -0.1) is 0 Å². The Morgan fingerprint density at radius 1 is 0.621 bits per heavy atom. The molecule has 0 spiro atoms. The number of benzene rings is 4. The summed E-state index contributed by atoms with van der Waals surface area (Å²) in [7, 11) is 0. The maximum absolute atomic E-state index is 3.39. The van der Waals surface area contributed by atoms with Crippen LogP contribution in [0.3, 0.4) is 0 Å². The second kappa shape index (κ2) is 6.26. The molecule has 1 nitrogen and oxygen atoms in total. The van der Waals surface area contributed by atoms with Crippen LogP contribution in [0.25, 0.3) is 49.4 Å². The molecule has 0 unspecified atom stereocenters. The fourth-order valence-corrected chi connectivity index (χ4v) is 4.31. The molecule has 0 atom stereocenters. The summed E-state index contributed by atoms with van der Waals surface area (Å²) in [4.78, 5) is 0. The molecule has 0 N–H and O–H groups in total. The third kappa shape index (κ3) is 2.43. The van der Waals surface area contributed by atoms with Crippen molar-refractivity contribution in [1.82, 2.24) is 4.57 Å². The molecular formula is C28H17N. The van der Waals surface area contributed by atoms with E-state index in [-0.39, 0.29) is 0 Å². The summed E-state index contributed by atoms with van der Waals surface area (Å²) in [5.74, 6) is 0. The summed E-state index contributed by atoms with van der Waals surface area (Å²) >= 11 is 0. The van der Waals surface area contributed by atoms with Gasteiger partial charge in [-0.05, 0) is 58.3 Å². The monoisotopic (exact) mass is 367 g/mol. The van der Waals surface area contributed by atoms with Crippen molar-refractivity contribution in [3.63, 3.8) is 0 Å². The van der Waals surface area contributed by atoms with Gasteiger partial charge in [0.25, 0.3) is 0 Å². The van der Waals surface area contributed by atoms with Gasteiger partial charge in [0.2, 0.25) is 0 Å². The Balaban J connectivity index is 1.76. The molecule has 0 aliphatic rings. The molecule has 1 heterocycles. The molecule has 6 aromatic rings. The van der Waals surface area contributed by atoms with E-state index in [1.54, 1.807) is 0 Å². The first-order chi connectivity index (χ1) is 14.4. The third-order valence-electron chi connectivity index (χ3n) is 5.63. The molecule has 1 aromatic heterocycles. The molecule has 0 saturated heterocycles. The first kappa shape index (κ1) is 16.0. The zero-order valence-corrected chi connectivity index (χ0v) is 15.8. The molecule has 1 heteroatoms. The number of aromatic nitrogens is 1. The molecule has 29 heavy (non-hydrogen) atoms. The number of fused-ring (bicyclic) bond motifs is 5. The molecule has 0 saturated carbocycles. The summed E-state index contributed by atoms with van der Waals surface area (Å²) in [5.41, 5.74) is 5.97. The van der Waals surface area contributed by atoms with Gasteiger partial charge in [0.05, 0.1) is 16.4 Å². The van der Waals surface area contributed by atoms with Crippen molar-refractivity contribution in [2.24, 2.45) is 0 Å². The molecule has 134 valence electrons. The van der Waals surface area contributed by atoms with Crippen molar-refractivity contribution in [3.8, 4) is 16.8 Å². The summed E-state index contributed by atoms with van der Waals surface area (Å²) in [6.07, 6.45) is 0. The van der Waals surface area contributed by atoms with Crippen LogP contribution in [0.15, 0.2) is 103 Å². The van der Waals surface area contributed by atoms with Crippen LogP contribution in [-0.4, -0.2) is 4.57 Å². The third-order valence-corrected chi connectivity index (χ3v) is 5.63. The minimum Gasteiger partial charge on any atom is -0.309 e. The van der Waals surface area contributed by atoms with E-state index in [2.05, 4.69) is 114 Å². The van der Waals surface area contributed by atoms with Gasteiger partial charge in [0.15, 0.2) is 0 Å². The molecule has 6 rings (SSSR count). The smallest absolute Gasteiger partial charge is 0.0632 e. The molecular weight excluding hydrogens is 350 g/mol. The Morgan fingerprint density at radius 3 is 2.21 bits per heavy atom. The van der Waals surface area contributed by atoms with Crippen LogP contribution in [-0.2, 0) is 0 Å². The molecule has 0 aliphatic carbocycles. The Kier molecular flexibility index (Phi) is 3.45. The van der Waals surface area contributed by atoms with Gasteiger partial charge < -0.3 is 4.57 Å². The summed E-state index contributed by atoms with van der Waals surface area (Å²) in [6, 6.07) is 42.9. The quantitative estimate of drug-likeness (QED) is 0.305. The molecule has 0 fully saturated rings. The van der Waals surface area contributed by atoms with Gasteiger partial charge in [-0.25, -0.2) is 0 Å². The van der Waals surface area contributed by atoms with Gasteiger partial charge in [-0.2, -0.15) is 0 Å². The first-order valence-corrected chi connectivity index (χ1v) is 9.80. The number of rotatable bonds is 2. The highest BCUT2D eigenvalue weighted by Gasteiger charge is 2.14. The van der Waals surface area contributed by atoms with E-state index in [9.17, 15) is 0 Å². The predicted molar refractivity (Wildman–Crippen MR) is 121 cm³/mol. The van der Waals surface area contributed by atoms with E-state index in [4.69, 9.17) is 0 Å². The Hall–Kier alpha value is -4.02. The van der Waals surface area contributed by atoms with E-state index in [1.165, 1.54) is 32.8 Å². The summed E-state index contributed by atoms with van der Waals surface area (Å²) in [5, 5.41) is 4.83. The lowest BCUT2D eigenvalue weighted by molar-refractivity contribution is 1.18. The molecule has 5 aromatic carbocycles. The largest absolute Gasteiger partial charge is 0.309 e. The average Bonchev–Trinajstić information content (AvgIpc) is 3.15. The minimum absolute atomic E-state index is 1.11. The van der Waals surface area contributed by atoms with E-state index in [1.807, 2.05) is 6.07 Å². The van der Waals surface area contributed by atoms with Crippen LogP contribution in [0.4, 0.5) is 0 Å². The second-order valence-electron chi connectivity index (χ2n) is 7.30. The van der Waals surface area contributed by atoms with Gasteiger partial charge >= 0.3 is 0 Å². The fourth-order valence-electron chi connectivity index (χ4n) is 4.31. The lowest BCUT2D eigenvalue weighted by atomic mass is 9.98. The number of hydrogen-bond acceptors (Lipinski definition) is 0. The lowest BCUT2D eigenvalue weighted by Crippen LogP contribution is -1.92. The van der Waals surface area contributed by atoms with Gasteiger partial charge in [-0.1, -0.05) is 78.9 Å². The van der Waals surface area contributed by atoms with Crippen LogP contribution < -0.4 is 0 Å². The van der Waals surface area contributed by atoms with Crippen molar-refractivity contribution in [1.29, 1.82) is 0 Å².